The first-order valence-electron chi connectivity index (χ1n) is 9.45. The van der Waals surface area contributed by atoms with Gasteiger partial charge < -0.3 is 15.5 Å². The van der Waals surface area contributed by atoms with Gasteiger partial charge in [0.15, 0.2) is 0 Å². The fourth-order valence-electron chi connectivity index (χ4n) is 3.30. The van der Waals surface area contributed by atoms with Gasteiger partial charge in [0.1, 0.15) is 5.82 Å². The quantitative estimate of drug-likeness (QED) is 0.732. The van der Waals surface area contributed by atoms with Crippen LogP contribution in [0.1, 0.15) is 11.6 Å². The Morgan fingerprint density at radius 2 is 1.76 bits per heavy atom. The molecule has 2 N–H and O–H groups in total. The molecule has 29 heavy (non-hydrogen) atoms. The maximum absolute atomic E-state index is 13.3. The molecule has 0 aromatic heterocycles. The molecule has 3 rings (SSSR count). The molecule has 0 spiro atoms. The van der Waals surface area contributed by atoms with Crippen molar-refractivity contribution in [3.05, 3.63) is 64.9 Å². The number of halogens is 2. The van der Waals surface area contributed by atoms with Crippen molar-refractivity contribution in [3.8, 4) is 0 Å². The summed E-state index contributed by atoms with van der Waals surface area (Å²) in [5, 5.41) is 5.71. The van der Waals surface area contributed by atoms with E-state index in [-0.39, 0.29) is 18.4 Å². The molecule has 154 valence electrons. The van der Waals surface area contributed by atoms with E-state index in [1.54, 1.807) is 36.4 Å². The average molecular weight is 419 g/mol. The average Bonchev–Trinajstić information content (AvgIpc) is 2.70. The van der Waals surface area contributed by atoms with Gasteiger partial charge in [0, 0.05) is 43.4 Å². The van der Waals surface area contributed by atoms with Gasteiger partial charge >= 0.3 is 11.8 Å². The van der Waals surface area contributed by atoms with Crippen LogP contribution in [0.4, 0.5) is 10.1 Å². The second kappa shape index (κ2) is 9.82. The fourth-order valence-corrected chi connectivity index (χ4v) is 3.49. The first-order valence-corrected chi connectivity index (χ1v) is 9.83. The number of piperazine rings is 1. The summed E-state index contributed by atoms with van der Waals surface area (Å²) in [5.41, 5.74) is 1.35. The Morgan fingerprint density at radius 1 is 1.07 bits per heavy atom. The number of carbonyl (C=O) groups is 2. The summed E-state index contributed by atoms with van der Waals surface area (Å²) >= 11 is 5.90. The van der Waals surface area contributed by atoms with Crippen LogP contribution in [-0.4, -0.2) is 61.4 Å². The molecule has 8 heteroatoms. The first-order chi connectivity index (χ1) is 13.9. The van der Waals surface area contributed by atoms with E-state index >= 15 is 0 Å². The number of hydrogen-bond donors (Lipinski definition) is 2. The second-order valence-corrected chi connectivity index (χ2v) is 7.52. The Hall–Kier alpha value is -2.48. The van der Waals surface area contributed by atoms with E-state index < -0.39 is 11.8 Å². The molecule has 1 aliphatic rings. The number of rotatable bonds is 5. The van der Waals surface area contributed by atoms with Crippen LogP contribution in [0.3, 0.4) is 0 Å². The van der Waals surface area contributed by atoms with E-state index in [4.69, 9.17) is 11.6 Å². The van der Waals surface area contributed by atoms with Crippen molar-refractivity contribution in [1.29, 1.82) is 0 Å². The zero-order chi connectivity index (χ0) is 20.8. The van der Waals surface area contributed by atoms with Crippen molar-refractivity contribution in [2.45, 2.75) is 6.04 Å². The molecule has 2 amide bonds. The van der Waals surface area contributed by atoms with E-state index in [2.05, 4.69) is 27.5 Å². The van der Waals surface area contributed by atoms with Crippen molar-refractivity contribution in [2.24, 2.45) is 0 Å². The van der Waals surface area contributed by atoms with Crippen LogP contribution in [0.5, 0.6) is 0 Å². The van der Waals surface area contributed by atoms with E-state index in [0.717, 1.165) is 31.7 Å². The number of nitrogens with zero attached hydrogens (tertiary/aromatic N) is 2. The Labute approximate surface area is 174 Å². The van der Waals surface area contributed by atoms with Crippen molar-refractivity contribution < 1.29 is 14.0 Å². The number of hydrogen-bond acceptors (Lipinski definition) is 4. The summed E-state index contributed by atoms with van der Waals surface area (Å²) in [6.07, 6.45) is 0. The van der Waals surface area contributed by atoms with Crippen LogP contribution in [0.25, 0.3) is 0 Å². The van der Waals surface area contributed by atoms with Crippen LogP contribution in [0.2, 0.25) is 5.02 Å². The maximum atomic E-state index is 13.3. The number of benzene rings is 2. The number of amides is 2. The highest BCUT2D eigenvalue weighted by molar-refractivity contribution is 6.39. The molecule has 2 aromatic rings. The lowest BCUT2D eigenvalue weighted by molar-refractivity contribution is -0.136. The minimum absolute atomic E-state index is 0.146. The molecule has 0 aliphatic carbocycles. The SMILES string of the molecule is CN1CCN([C@@H](CNC(=O)C(=O)Nc2cccc(Cl)c2)c2ccc(F)cc2)CC1. The summed E-state index contributed by atoms with van der Waals surface area (Å²) in [6, 6.07) is 12.7. The third kappa shape index (κ3) is 6.00. The van der Waals surface area contributed by atoms with Gasteiger partial charge in [-0.05, 0) is 42.9 Å². The zero-order valence-corrected chi connectivity index (χ0v) is 17.0. The summed E-state index contributed by atoms with van der Waals surface area (Å²) < 4.78 is 13.3. The lowest BCUT2D eigenvalue weighted by Gasteiger charge is -2.38. The molecule has 0 bridgehead atoms. The van der Waals surface area contributed by atoms with Gasteiger partial charge in [-0.25, -0.2) is 4.39 Å². The van der Waals surface area contributed by atoms with Crippen molar-refractivity contribution in [1.82, 2.24) is 15.1 Å². The summed E-state index contributed by atoms with van der Waals surface area (Å²) in [4.78, 5) is 29.0. The van der Waals surface area contributed by atoms with Gasteiger partial charge in [-0.15, -0.1) is 0 Å². The predicted octanol–water partition coefficient (Wildman–Crippen LogP) is 2.52. The Morgan fingerprint density at radius 3 is 2.41 bits per heavy atom. The zero-order valence-electron chi connectivity index (χ0n) is 16.2. The molecule has 0 radical (unpaired) electrons. The third-order valence-electron chi connectivity index (χ3n) is 4.98. The topological polar surface area (TPSA) is 64.7 Å². The molecular formula is C21H24ClFN4O2. The fraction of sp³-hybridized carbons (Fsp3) is 0.333. The largest absolute Gasteiger partial charge is 0.346 e. The monoisotopic (exact) mass is 418 g/mol. The molecule has 0 unspecified atom stereocenters. The minimum Gasteiger partial charge on any atom is -0.346 e. The van der Waals surface area contributed by atoms with Crippen molar-refractivity contribution >= 4 is 29.1 Å². The lowest BCUT2D eigenvalue weighted by Crippen LogP contribution is -2.49. The van der Waals surface area contributed by atoms with Crippen LogP contribution in [0.15, 0.2) is 48.5 Å². The standard InChI is InChI=1S/C21H24ClFN4O2/c1-26-9-11-27(12-10-26)19(15-5-7-17(23)8-6-15)14-24-20(28)21(29)25-18-4-2-3-16(22)13-18/h2-8,13,19H,9-12,14H2,1H3,(H,24,28)(H,25,29)/t19-/m0/s1. The van der Waals surface area contributed by atoms with Gasteiger partial charge in [0.05, 0.1) is 6.04 Å². The van der Waals surface area contributed by atoms with E-state index in [0.29, 0.717) is 10.7 Å². The maximum Gasteiger partial charge on any atom is 0.313 e. The Bertz CT molecular complexity index is 854. The highest BCUT2D eigenvalue weighted by Crippen LogP contribution is 2.22. The number of carbonyl (C=O) groups excluding carboxylic acids is 2. The highest BCUT2D eigenvalue weighted by Gasteiger charge is 2.25. The Balaban J connectivity index is 1.64. The van der Waals surface area contributed by atoms with Crippen LogP contribution >= 0.6 is 11.6 Å². The molecule has 1 fully saturated rings. The van der Waals surface area contributed by atoms with Crippen molar-refractivity contribution in [3.63, 3.8) is 0 Å². The molecule has 1 atom stereocenters. The molecule has 1 heterocycles. The first kappa shape index (κ1) is 21.2. The highest BCUT2D eigenvalue weighted by atomic mass is 35.5. The van der Waals surface area contributed by atoms with Gasteiger partial charge in [0.2, 0.25) is 0 Å². The second-order valence-electron chi connectivity index (χ2n) is 7.08. The van der Waals surface area contributed by atoms with Crippen molar-refractivity contribution in [2.75, 3.05) is 45.1 Å². The van der Waals surface area contributed by atoms with Crippen LogP contribution in [0, 0.1) is 5.82 Å². The van der Waals surface area contributed by atoms with Crippen LogP contribution < -0.4 is 10.6 Å². The van der Waals surface area contributed by atoms with Gasteiger partial charge in [-0.3, -0.25) is 14.5 Å². The number of nitrogens with one attached hydrogen (secondary N) is 2. The molecule has 1 saturated heterocycles. The third-order valence-corrected chi connectivity index (χ3v) is 5.21. The molecule has 0 saturated carbocycles. The summed E-state index contributed by atoms with van der Waals surface area (Å²) in [7, 11) is 2.06. The minimum atomic E-state index is -0.761. The molecule has 2 aromatic carbocycles. The lowest BCUT2D eigenvalue weighted by atomic mass is 10.0. The van der Waals surface area contributed by atoms with Gasteiger partial charge in [-0.2, -0.15) is 0 Å². The van der Waals surface area contributed by atoms with E-state index in [9.17, 15) is 14.0 Å². The number of likely N-dealkylation sites (N-methyl/N-ethyl adjacent to an activating group) is 1. The molecule has 6 nitrogen and oxygen atoms in total. The van der Waals surface area contributed by atoms with E-state index in [1.807, 2.05) is 0 Å². The van der Waals surface area contributed by atoms with Gasteiger partial charge in [0.25, 0.3) is 0 Å². The van der Waals surface area contributed by atoms with Gasteiger partial charge in [-0.1, -0.05) is 29.8 Å². The number of anilines is 1. The summed E-state index contributed by atoms with van der Waals surface area (Å²) in [6.45, 7) is 3.70. The Kier molecular flexibility index (Phi) is 7.19. The predicted molar refractivity (Wildman–Crippen MR) is 111 cm³/mol. The normalized spacial score (nSPS) is 16.2. The summed E-state index contributed by atoms with van der Waals surface area (Å²) in [5.74, 6) is -1.80. The van der Waals surface area contributed by atoms with E-state index in [1.165, 1.54) is 12.1 Å². The molecule has 1 aliphatic heterocycles. The molecular weight excluding hydrogens is 395 g/mol. The smallest absolute Gasteiger partial charge is 0.313 e. The van der Waals surface area contributed by atoms with Crippen LogP contribution in [-0.2, 0) is 9.59 Å².